The Kier molecular flexibility index (Phi) is 4.18. The normalized spacial score (nSPS) is 22.8. The van der Waals surface area contributed by atoms with Gasteiger partial charge in [0.2, 0.25) is 5.91 Å². The molecule has 2 fully saturated rings. The van der Waals surface area contributed by atoms with Crippen molar-refractivity contribution >= 4 is 29.3 Å². The Hall–Kier alpha value is -2.78. The predicted molar refractivity (Wildman–Crippen MR) is 112 cm³/mol. The first-order valence-corrected chi connectivity index (χ1v) is 10.9. The molecule has 2 aromatic carbocycles. The van der Waals surface area contributed by atoms with Crippen LogP contribution in [0.25, 0.3) is 0 Å². The summed E-state index contributed by atoms with van der Waals surface area (Å²) in [4.78, 5) is 29.6. The number of carbonyl (C=O) groups excluding carboxylic acids is 2. The first-order chi connectivity index (χ1) is 14.0. The number of nitriles is 1. The molecule has 5 nitrogen and oxygen atoms in total. The van der Waals surface area contributed by atoms with Gasteiger partial charge in [-0.1, -0.05) is 29.8 Å². The zero-order chi connectivity index (χ0) is 20.2. The minimum atomic E-state index is -0.951. The highest BCUT2D eigenvalue weighted by atomic mass is 32.2. The summed E-state index contributed by atoms with van der Waals surface area (Å²) in [5.41, 5.74) is 4.36. The van der Waals surface area contributed by atoms with Crippen LogP contribution in [-0.2, 0) is 21.0 Å². The average Bonchev–Trinajstić information content (AvgIpc) is 3.45. The molecule has 2 aliphatic heterocycles. The molecule has 1 atom stereocenters. The third-order valence-corrected chi connectivity index (χ3v) is 7.36. The molecule has 5 rings (SSSR count). The fourth-order valence-electron chi connectivity index (χ4n) is 4.38. The Morgan fingerprint density at radius 1 is 1.28 bits per heavy atom. The molecule has 2 heterocycles. The SMILES string of the molecule is Cc1ccc2c(c1)C1(SCCN1C(=O)C1CC1)C(=O)N2Cc1cccc(C#N)c1. The maximum absolute atomic E-state index is 13.9. The molecule has 2 amide bonds. The summed E-state index contributed by atoms with van der Waals surface area (Å²) in [7, 11) is 0. The van der Waals surface area contributed by atoms with E-state index >= 15 is 0 Å². The van der Waals surface area contributed by atoms with Gasteiger partial charge in [-0.2, -0.15) is 5.26 Å². The van der Waals surface area contributed by atoms with Crippen molar-refractivity contribution in [1.82, 2.24) is 4.90 Å². The number of nitrogens with zero attached hydrogens (tertiary/aromatic N) is 3. The van der Waals surface area contributed by atoms with E-state index in [-0.39, 0.29) is 17.7 Å². The van der Waals surface area contributed by atoms with E-state index in [0.29, 0.717) is 18.7 Å². The molecule has 1 unspecified atom stereocenters. The van der Waals surface area contributed by atoms with Gasteiger partial charge < -0.3 is 9.80 Å². The summed E-state index contributed by atoms with van der Waals surface area (Å²) in [5.74, 6) is 0.907. The zero-order valence-corrected chi connectivity index (χ0v) is 17.0. The Balaban J connectivity index is 1.59. The third kappa shape index (κ3) is 2.76. The Bertz CT molecular complexity index is 1070. The maximum Gasteiger partial charge on any atom is 0.268 e. The van der Waals surface area contributed by atoms with E-state index in [1.54, 1.807) is 22.7 Å². The van der Waals surface area contributed by atoms with Crippen LogP contribution in [0.5, 0.6) is 0 Å². The van der Waals surface area contributed by atoms with Crippen LogP contribution in [0.4, 0.5) is 5.69 Å². The minimum absolute atomic E-state index is 0.0445. The molecule has 29 heavy (non-hydrogen) atoms. The number of anilines is 1. The van der Waals surface area contributed by atoms with E-state index < -0.39 is 4.87 Å². The second-order valence-corrected chi connectivity index (χ2v) is 9.27. The van der Waals surface area contributed by atoms with Crippen LogP contribution < -0.4 is 4.90 Å². The summed E-state index contributed by atoms with van der Waals surface area (Å²) >= 11 is 1.58. The van der Waals surface area contributed by atoms with Crippen LogP contribution in [0.1, 0.15) is 35.1 Å². The second-order valence-electron chi connectivity index (χ2n) is 7.98. The van der Waals surface area contributed by atoms with Gasteiger partial charge in [-0.25, -0.2) is 0 Å². The maximum atomic E-state index is 13.9. The average molecular weight is 404 g/mol. The first kappa shape index (κ1) is 18.3. The molecule has 0 N–H and O–H groups in total. The number of hydrogen-bond acceptors (Lipinski definition) is 4. The number of aryl methyl sites for hydroxylation is 1. The fraction of sp³-hybridized carbons (Fsp3) is 0.348. The molecular formula is C23H21N3O2S. The minimum Gasteiger partial charge on any atom is -0.315 e. The van der Waals surface area contributed by atoms with Gasteiger partial charge in [0.25, 0.3) is 5.91 Å². The molecule has 1 aliphatic carbocycles. The number of thioether (sulfide) groups is 1. The summed E-state index contributed by atoms with van der Waals surface area (Å²) in [6, 6.07) is 15.6. The van der Waals surface area contributed by atoms with Gasteiger partial charge in [0.1, 0.15) is 0 Å². The lowest BCUT2D eigenvalue weighted by atomic mass is 10.0. The highest BCUT2D eigenvalue weighted by molar-refractivity contribution is 8.01. The van der Waals surface area contributed by atoms with Gasteiger partial charge in [-0.15, -0.1) is 11.8 Å². The first-order valence-electron chi connectivity index (χ1n) is 9.92. The number of hydrogen-bond donors (Lipinski definition) is 0. The highest BCUT2D eigenvalue weighted by Crippen LogP contribution is 2.55. The quantitative estimate of drug-likeness (QED) is 0.786. The van der Waals surface area contributed by atoms with Crippen LogP contribution in [0, 0.1) is 24.2 Å². The molecule has 6 heteroatoms. The van der Waals surface area contributed by atoms with E-state index in [1.165, 1.54) is 0 Å². The third-order valence-electron chi connectivity index (χ3n) is 5.94. The van der Waals surface area contributed by atoms with Crippen LogP contribution in [0.15, 0.2) is 42.5 Å². The monoisotopic (exact) mass is 403 g/mol. The lowest BCUT2D eigenvalue weighted by Gasteiger charge is -2.33. The number of rotatable bonds is 3. The highest BCUT2D eigenvalue weighted by Gasteiger charge is 2.60. The fourth-order valence-corrected chi connectivity index (χ4v) is 5.84. The van der Waals surface area contributed by atoms with Crippen molar-refractivity contribution in [2.45, 2.75) is 31.2 Å². The predicted octanol–water partition coefficient (Wildman–Crippen LogP) is 3.55. The molecule has 1 saturated carbocycles. The van der Waals surface area contributed by atoms with Crippen LogP contribution in [0.3, 0.4) is 0 Å². The van der Waals surface area contributed by atoms with Crippen molar-refractivity contribution in [2.75, 3.05) is 17.2 Å². The van der Waals surface area contributed by atoms with Gasteiger partial charge in [0, 0.05) is 23.8 Å². The summed E-state index contributed by atoms with van der Waals surface area (Å²) in [6.07, 6.45) is 1.85. The topological polar surface area (TPSA) is 64.4 Å². The van der Waals surface area contributed by atoms with Crippen LogP contribution in [0.2, 0.25) is 0 Å². The zero-order valence-electron chi connectivity index (χ0n) is 16.2. The van der Waals surface area contributed by atoms with E-state index in [4.69, 9.17) is 0 Å². The number of carbonyl (C=O) groups is 2. The van der Waals surface area contributed by atoms with Crippen LogP contribution in [-0.4, -0.2) is 29.0 Å². The summed E-state index contributed by atoms with van der Waals surface area (Å²) in [6.45, 7) is 3.01. The van der Waals surface area contributed by atoms with Gasteiger partial charge in [0.05, 0.1) is 23.9 Å². The van der Waals surface area contributed by atoms with E-state index in [9.17, 15) is 14.9 Å². The molecule has 3 aliphatic rings. The molecule has 1 saturated heterocycles. The van der Waals surface area contributed by atoms with Crippen molar-refractivity contribution in [2.24, 2.45) is 5.92 Å². The smallest absolute Gasteiger partial charge is 0.268 e. The van der Waals surface area contributed by atoms with E-state index in [2.05, 4.69) is 12.1 Å². The molecule has 2 aromatic rings. The van der Waals surface area contributed by atoms with Crippen LogP contribution >= 0.6 is 11.8 Å². The van der Waals surface area contributed by atoms with Gasteiger partial charge in [0.15, 0.2) is 4.87 Å². The molecule has 1 spiro atoms. The van der Waals surface area contributed by atoms with Crippen molar-refractivity contribution in [1.29, 1.82) is 5.26 Å². The molecule has 0 aromatic heterocycles. The van der Waals surface area contributed by atoms with Gasteiger partial charge >= 0.3 is 0 Å². The molecule has 146 valence electrons. The Morgan fingerprint density at radius 3 is 2.86 bits per heavy atom. The van der Waals surface area contributed by atoms with Crippen molar-refractivity contribution in [3.8, 4) is 6.07 Å². The van der Waals surface area contributed by atoms with E-state index in [1.807, 2.05) is 42.2 Å². The molecule has 0 bridgehead atoms. The van der Waals surface area contributed by atoms with Crippen molar-refractivity contribution in [3.05, 3.63) is 64.7 Å². The lowest BCUT2D eigenvalue weighted by Crippen LogP contribution is -2.50. The second kappa shape index (κ2) is 6.64. The Labute approximate surface area is 174 Å². The number of benzene rings is 2. The summed E-state index contributed by atoms with van der Waals surface area (Å²) in [5, 5.41) is 9.21. The van der Waals surface area contributed by atoms with Crippen molar-refractivity contribution in [3.63, 3.8) is 0 Å². The van der Waals surface area contributed by atoms with Gasteiger partial charge in [-0.3, -0.25) is 9.59 Å². The van der Waals surface area contributed by atoms with Crippen molar-refractivity contribution < 1.29 is 9.59 Å². The van der Waals surface area contributed by atoms with Gasteiger partial charge in [-0.05, 0) is 43.5 Å². The standard InChI is InChI=1S/C23H21N3O2S/c1-15-5-8-20-19(11-15)23(26(9-10-29-23)21(27)18-6-7-18)22(28)25(20)14-17-4-2-3-16(12-17)13-24/h2-5,8,11-12,18H,6-7,9-10,14H2,1H3. The number of amides is 2. The summed E-state index contributed by atoms with van der Waals surface area (Å²) < 4.78 is 0. The van der Waals surface area contributed by atoms with E-state index in [0.717, 1.165) is 41.0 Å². The molecule has 0 radical (unpaired) electrons. The largest absolute Gasteiger partial charge is 0.315 e. The lowest BCUT2D eigenvalue weighted by molar-refractivity contribution is -0.141. The molecular weight excluding hydrogens is 382 g/mol. The Morgan fingerprint density at radius 2 is 2.10 bits per heavy atom. The number of fused-ring (bicyclic) bond motifs is 2.